The molecule has 0 aliphatic heterocycles. The Balaban J connectivity index is 3.15. The van der Waals surface area contributed by atoms with Crippen LogP contribution < -0.4 is 11.1 Å². The van der Waals surface area contributed by atoms with Gasteiger partial charge >= 0.3 is 0 Å². The summed E-state index contributed by atoms with van der Waals surface area (Å²) in [5, 5.41) is 2.32. The summed E-state index contributed by atoms with van der Waals surface area (Å²) in [7, 11) is 0. The lowest BCUT2D eigenvalue weighted by Gasteiger charge is -2.20. The number of nitrogens with two attached hydrogens (primary N) is 1. The number of hydrogen-bond acceptors (Lipinski definition) is 2. The Bertz CT molecular complexity index is 504. The molecule has 0 atom stereocenters. The first-order valence-electron chi connectivity index (χ1n) is 4.82. The van der Waals surface area contributed by atoms with Crippen LogP contribution in [0.2, 0.25) is 0 Å². The normalized spacial score (nSPS) is 10.8. The molecule has 1 aromatic carbocycles. The molecule has 17 heavy (non-hydrogen) atoms. The van der Waals surface area contributed by atoms with Crippen LogP contribution in [0.15, 0.2) is 12.1 Å². The number of carbonyl (C=O) groups is 1. The minimum absolute atomic E-state index is 0.296. The summed E-state index contributed by atoms with van der Waals surface area (Å²) in [5.74, 6) is -0.719. The second-order valence-electron chi connectivity index (χ2n) is 4.05. The van der Waals surface area contributed by atoms with Crippen LogP contribution in [-0.2, 0) is 0 Å². The van der Waals surface area contributed by atoms with Gasteiger partial charge in [-0.1, -0.05) is 5.92 Å². The van der Waals surface area contributed by atoms with Gasteiger partial charge in [0.1, 0.15) is 11.4 Å². The number of nitrogens with one attached hydrogen (secondary N) is 1. The lowest BCUT2D eigenvalue weighted by atomic mass is 10.1. The maximum absolute atomic E-state index is 13.5. The summed E-state index contributed by atoms with van der Waals surface area (Å²) in [6.45, 7) is 3.07. The molecule has 0 unspecified atom stereocenters. The van der Waals surface area contributed by atoms with Crippen LogP contribution in [0.1, 0.15) is 24.2 Å². The van der Waals surface area contributed by atoms with Crippen LogP contribution in [0, 0.1) is 24.0 Å². The van der Waals surface area contributed by atoms with Gasteiger partial charge in [-0.05, 0) is 26.0 Å². The Morgan fingerprint density at radius 2 is 2.06 bits per heavy atom. The van der Waals surface area contributed by atoms with E-state index in [1.165, 1.54) is 13.8 Å². The highest BCUT2D eigenvalue weighted by atomic mass is 19.1. The second-order valence-corrected chi connectivity index (χ2v) is 4.05. The number of benzene rings is 1. The van der Waals surface area contributed by atoms with Crippen molar-refractivity contribution >= 4 is 11.6 Å². The van der Waals surface area contributed by atoms with Crippen molar-refractivity contribution in [3.63, 3.8) is 0 Å². The standard InChI is InChI=1S/C12H12F2N2O/c1-4-12(2,3)16-11(17)9-7(13)5-6-8(15)10(9)14/h1,5-6H,15H2,2-3H3,(H,16,17). The molecule has 0 aromatic heterocycles. The maximum Gasteiger partial charge on any atom is 0.258 e. The quantitative estimate of drug-likeness (QED) is 0.608. The molecule has 1 rings (SSSR count). The fourth-order valence-corrected chi connectivity index (χ4v) is 1.16. The van der Waals surface area contributed by atoms with Crippen LogP contribution in [0.5, 0.6) is 0 Å². The monoisotopic (exact) mass is 238 g/mol. The zero-order valence-corrected chi connectivity index (χ0v) is 9.47. The third-order valence-corrected chi connectivity index (χ3v) is 2.13. The van der Waals surface area contributed by atoms with Gasteiger partial charge in [0, 0.05) is 0 Å². The predicted molar refractivity (Wildman–Crippen MR) is 61.1 cm³/mol. The summed E-state index contributed by atoms with van der Waals surface area (Å²) < 4.78 is 26.9. The number of terminal acetylenes is 1. The Kier molecular flexibility index (Phi) is 3.37. The summed E-state index contributed by atoms with van der Waals surface area (Å²) in [6.07, 6.45) is 5.16. The van der Waals surface area contributed by atoms with Gasteiger partial charge in [0.2, 0.25) is 0 Å². The molecule has 0 fully saturated rings. The van der Waals surface area contributed by atoms with Crippen molar-refractivity contribution in [2.45, 2.75) is 19.4 Å². The Morgan fingerprint density at radius 3 is 2.59 bits per heavy atom. The number of nitrogen functional groups attached to an aromatic ring is 1. The molecule has 0 saturated carbocycles. The van der Waals surface area contributed by atoms with E-state index in [0.717, 1.165) is 12.1 Å². The number of rotatable bonds is 2. The molecular weight excluding hydrogens is 226 g/mol. The third kappa shape index (κ3) is 2.72. The fraction of sp³-hybridized carbons (Fsp3) is 0.250. The molecule has 1 aromatic rings. The van der Waals surface area contributed by atoms with Crippen LogP contribution >= 0.6 is 0 Å². The second kappa shape index (κ2) is 4.42. The van der Waals surface area contributed by atoms with E-state index in [9.17, 15) is 13.6 Å². The smallest absolute Gasteiger partial charge is 0.258 e. The highest BCUT2D eigenvalue weighted by Gasteiger charge is 2.24. The van der Waals surface area contributed by atoms with E-state index in [0.29, 0.717) is 0 Å². The van der Waals surface area contributed by atoms with E-state index < -0.39 is 28.6 Å². The van der Waals surface area contributed by atoms with Gasteiger partial charge < -0.3 is 11.1 Å². The van der Waals surface area contributed by atoms with Crippen molar-refractivity contribution in [2.75, 3.05) is 5.73 Å². The Hall–Kier alpha value is -2.09. The summed E-state index contributed by atoms with van der Waals surface area (Å²) >= 11 is 0. The van der Waals surface area contributed by atoms with Gasteiger partial charge in [0.05, 0.1) is 11.2 Å². The van der Waals surface area contributed by atoms with Crippen LogP contribution in [0.4, 0.5) is 14.5 Å². The van der Waals surface area contributed by atoms with Crippen molar-refractivity contribution in [1.29, 1.82) is 0 Å². The molecule has 0 spiro atoms. The average Bonchev–Trinajstić information content (AvgIpc) is 2.23. The predicted octanol–water partition coefficient (Wildman–Crippen LogP) is 1.69. The summed E-state index contributed by atoms with van der Waals surface area (Å²) in [6, 6.07) is 1.98. The molecule has 5 heteroatoms. The Morgan fingerprint density at radius 1 is 1.47 bits per heavy atom. The molecule has 0 aliphatic rings. The van der Waals surface area contributed by atoms with Gasteiger partial charge in [-0.25, -0.2) is 8.78 Å². The number of halogens is 2. The Labute approximate surface area is 98.0 Å². The van der Waals surface area contributed by atoms with Crippen molar-refractivity contribution in [2.24, 2.45) is 0 Å². The first kappa shape index (κ1) is 13.0. The molecule has 90 valence electrons. The number of anilines is 1. The summed E-state index contributed by atoms with van der Waals surface area (Å²) in [4.78, 5) is 11.7. The molecule has 0 heterocycles. The fourth-order valence-electron chi connectivity index (χ4n) is 1.16. The van der Waals surface area contributed by atoms with Gasteiger partial charge in [-0.2, -0.15) is 0 Å². The largest absolute Gasteiger partial charge is 0.396 e. The van der Waals surface area contributed by atoms with E-state index in [1.807, 2.05) is 0 Å². The van der Waals surface area contributed by atoms with E-state index in [-0.39, 0.29) is 5.69 Å². The highest BCUT2D eigenvalue weighted by molar-refractivity contribution is 5.96. The van der Waals surface area contributed by atoms with Crippen molar-refractivity contribution in [1.82, 2.24) is 5.32 Å². The molecule has 0 saturated heterocycles. The van der Waals surface area contributed by atoms with Gasteiger partial charge in [-0.3, -0.25) is 4.79 Å². The lowest BCUT2D eigenvalue weighted by molar-refractivity contribution is 0.0921. The zero-order chi connectivity index (χ0) is 13.2. The van der Waals surface area contributed by atoms with Crippen LogP contribution in [0.25, 0.3) is 0 Å². The average molecular weight is 238 g/mol. The summed E-state index contributed by atoms with van der Waals surface area (Å²) in [5.41, 5.74) is 3.24. The molecule has 3 nitrogen and oxygen atoms in total. The molecule has 3 N–H and O–H groups in total. The SMILES string of the molecule is C#CC(C)(C)NC(=O)c1c(F)ccc(N)c1F. The lowest BCUT2D eigenvalue weighted by Crippen LogP contribution is -2.42. The topological polar surface area (TPSA) is 55.1 Å². The van der Waals surface area contributed by atoms with Gasteiger partial charge in [-0.15, -0.1) is 6.42 Å². The molecule has 0 radical (unpaired) electrons. The minimum Gasteiger partial charge on any atom is -0.396 e. The van der Waals surface area contributed by atoms with E-state index in [1.54, 1.807) is 0 Å². The van der Waals surface area contributed by atoms with Crippen molar-refractivity contribution in [3.8, 4) is 12.3 Å². The number of hydrogen-bond donors (Lipinski definition) is 2. The van der Waals surface area contributed by atoms with E-state index >= 15 is 0 Å². The third-order valence-electron chi connectivity index (χ3n) is 2.13. The number of amides is 1. The van der Waals surface area contributed by atoms with Crippen LogP contribution in [-0.4, -0.2) is 11.4 Å². The van der Waals surface area contributed by atoms with Crippen molar-refractivity contribution in [3.05, 3.63) is 29.3 Å². The first-order chi connectivity index (χ1) is 7.78. The van der Waals surface area contributed by atoms with Gasteiger partial charge in [0.15, 0.2) is 5.82 Å². The maximum atomic E-state index is 13.5. The molecule has 1 amide bonds. The van der Waals surface area contributed by atoms with Crippen LogP contribution in [0.3, 0.4) is 0 Å². The minimum atomic E-state index is -1.09. The number of carbonyl (C=O) groups excluding carboxylic acids is 1. The van der Waals surface area contributed by atoms with E-state index in [4.69, 9.17) is 12.2 Å². The van der Waals surface area contributed by atoms with E-state index in [2.05, 4.69) is 11.2 Å². The molecule has 0 bridgehead atoms. The molecule has 0 aliphatic carbocycles. The molecular formula is C12H12F2N2O. The first-order valence-corrected chi connectivity index (χ1v) is 4.82. The van der Waals surface area contributed by atoms with Gasteiger partial charge in [0.25, 0.3) is 5.91 Å². The highest BCUT2D eigenvalue weighted by Crippen LogP contribution is 2.19. The zero-order valence-electron chi connectivity index (χ0n) is 9.47. The van der Waals surface area contributed by atoms with Crippen molar-refractivity contribution < 1.29 is 13.6 Å².